The number of aromatic nitrogens is 2. The molecule has 2 heterocycles. The molecule has 11 nitrogen and oxygen atoms in total. The number of hydrogen-bond donors (Lipinski definition) is 3. The van der Waals surface area contributed by atoms with Gasteiger partial charge in [-0.05, 0) is 79.8 Å². The number of rotatable bonds is 13. The van der Waals surface area contributed by atoms with E-state index < -0.39 is 11.9 Å². The number of nitrogens with one attached hydrogen (secondary N) is 1. The first-order valence-electron chi connectivity index (χ1n) is 16.9. The predicted molar refractivity (Wildman–Crippen MR) is 188 cm³/mol. The van der Waals surface area contributed by atoms with E-state index in [4.69, 9.17) is 9.84 Å². The average Bonchev–Trinajstić information content (AvgIpc) is 3.51. The summed E-state index contributed by atoms with van der Waals surface area (Å²) in [5.74, 6) is -0.937. The SMILES string of the molecule is CCCCN(CCCC)C(=O)c1cc(C)n(-c2ccc(NC(=O)c3cc(OC)ccc3O)cc2C(=O)N2Cc3ccccc3CC2CO)n1. The van der Waals surface area contributed by atoms with E-state index in [1.54, 1.807) is 39.9 Å². The summed E-state index contributed by atoms with van der Waals surface area (Å²) in [4.78, 5) is 45.0. The molecule has 5 rings (SSSR count). The number of amides is 3. The Bertz CT molecular complexity index is 1810. The highest BCUT2D eigenvalue weighted by atomic mass is 16.5. The van der Waals surface area contributed by atoms with Crippen molar-refractivity contribution in [2.75, 3.05) is 32.1 Å². The smallest absolute Gasteiger partial charge is 0.274 e. The molecule has 0 bridgehead atoms. The van der Waals surface area contributed by atoms with Gasteiger partial charge in [0.2, 0.25) is 0 Å². The number of carbonyl (C=O) groups excluding carboxylic acids is 3. The second-order valence-corrected chi connectivity index (χ2v) is 12.4. The number of fused-ring (bicyclic) bond motifs is 1. The highest BCUT2D eigenvalue weighted by molar-refractivity contribution is 6.07. The molecule has 0 aliphatic carbocycles. The third-order valence-corrected chi connectivity index (χ3v) is 8.95. The molecular formula is C38H45N5O6. The van der Waals surface area contributed by atoms with Gasteiger partial charge in [-0.1, -0.05) is 51.0 Å². The zero-order valence-electron chi connectivity index (χ0n) is 28.6. The third-order valence-electron chi connectivity index (χ3n) is 8.95. The fourth-order valence-corrected chi connectivity index (χ4v) is 6.13. The van der Waals surface area contributed by atoms with E-state index in [0.29, 0.717) is 48.9 Å². The lowest BCUT2D eigenvalue weighted by atomic mass is 9.93. The van der Waals surface area contributed by atoms with Gasteiger partial charge in [-0.3, -0.25) is 14.4 Å². The number of hydrogen-bond acceptors (Lipinski definition) is 7. The molecule has 1 aliphatic heterocycles. The summed E-state index contributed by atoms with van der Waals surface area (Å²) in [5.41, 5.74) is 3.97. The molecule has 1 aliphatic rings. The molecule has 1 aromatic heterocycles. The van der Waals surface area contributed by atoms with Crippen molar-refractivity contribution in [2.24, 2.45) is 0 Å². The van der Waals surface area contributed by atoms with Gasteiger partial charge in [-0.2, -0.15) is 5.10 Å². The van der Waals surface area contributed by atoms with Crippen LogP contribution in [0, 0.1) is 6.92 Å². The van der Waals surface area contributed by atoms with Crippen molar-refractivity contribution in [2.45, 2.75) is 65.5 Å². The Hall–Kier alpha value is -5.16. The number of benzene rings is 3. The van der Waals surface area contributed by atoms with Gasteiger partial charge in [0, 0.05) is 31.0 Å². The van der Waals surface area contributed by atoms with Crippen molar-refractivity contribution in [3.63, 3.8) is 0 Å². The number of phenols is 1. The molecule has 0 saturated carbocycles. The van der Waals surface area contributed by atoms with Gasteiger partial charge in [0.1, 0.15) is 11.5 Å². The molecule has 1 atom stereocenters. The lowest BCUT2D eigenvalue weighted by molar-refractivity contribution is 0.0544. The van der Waals surface area contributed by atoms with Gasteiger partial charge in [-0.25, -0.2) is 4.68 Å². The number of carbonyl (C=O) groups is 3. The van der Waals surface area contributed by atoms with Crippen LogP contribution in [0.25, 0.3) is 5.69 Å². The van der Waals surface area contributed by atoms with Gasteiger partial charge in [0.15, 0.2) is 5.69 Å². The minimum atomic E-state index is -0.593. The Labute approximate surface area is 287 Å². The molecule has 3 aromatic carbocycles. The number of ether oxygens (including phenoxy) is 1. The summed E-state index contributed by atoms with van der Waals surface area (Å²) in [5, 5.41) is 28.3. The highest BCUT2D eigenvalue weighted by Crippen LogP contribution is 2.30. The molecular weight excluding hydrogens is 622 g/mol. The maximum Gasteiger partial charge on any atom is 0.274 e. The number of aryl methyl sites for hydroxylation is 1. The number of anilines is 1. The molecule has 0 spiro atoms. The molecule has 0 fully saturated rings. The van der Waals surface area contributed by atoms with Crippen molar-refractivity contribution >= 4 is 23.4 Å². The van der Waals surface area contributed by atoms with E-state index >= 15 is 0 Å². The molecule has 11 heteroatoms. The average molecular weight is 668 g/mol. The van der Waals surface area contributed by atoms with Crippen molar-refractivity contribution in [3.05, 3.63) is 100 Å². The van der Waals surface area contributed by atoms with Gasteiger partial charge >= 0.3 is 0 Å². The van der Waals surface area contributed by atoms with Crippen LogP contribution in [0.1, 0.15) is 87.6 Å². The molecule has 49 heavy (non-hydrogen) atoms. The number of aliphatic hydroxyl groups is 1. The third kappa shape index (κ3) is 7.78. The first kappa shape index (κ1) is 35.2. The molecule has 258 valence electrons. The Kier molecular flexibility index (Phi) is 11.4. The summed E-state index contributed by atoms with van der Waals surface area (Å²) in [6.45, 7) is 7.35. The molecule has 0 saturated heterocycles. The van der Waals surface area contributed by atoms with E-state index in [-0.39, 0.29) is 41.0 Å². The largest absolute Gasteiger partial charge is 0.507 e. The summed E-state index contributed by atoms with van der Waals surface area (Å²) < 4.78 is 6.81. The molecule has 1 unspecified atom stereocenters. The number of aromatic hydroxyl groups is 1. The quantitative estimate of drug-likeness (QED) is 0.165. The number of phenolic OH excluding ortho intramolecular Hbond substituents is 1. The Balaban J connectivity index is 1.55. The lowest BCUT2D eigenvalue weighted by Gasteiger charge is -2.36. The van der Waals surface area contributed by atoms with Gasteiger partial charge in [0.25, 0.3) is 17.7 Å². The minimum Gasteiger partial charge on any atom is -0.507 e. The van der Waals surface area contributed by atoms with Gasteiger partial charge in [-0.15, -0.1) is 0 Å². The van der Waals surface area contributed by atoms with E-state index in [0.717, 1.165) is 36.8 Å². The number of unbranched alkanes of at least 4 members (excludes halogenated alkanes) is 2. The molecule has 4 aromatic rings. The second kappa shape index (κ2) is 15.8. The summed E-state index contributed by atoms with van der Waals surface area (Å²) in [6, 6.07) is 18.4. The minimum absolute atomic E-state index is 0.00561. The normalized spacial score (nSPS) is 13.9. The maximum absolute atomic E-state index is 14.5. The van der Waals surface area contributed by atoms with Crippen molar-refractivity contribution < 1.29 is 29.3 Å². The van der Waals surface area contributed by atoms with E-state index in [2.05, 4.69) is 19.2 Å². The predicted octanol–water partition coefficient (Wildman–Crippen LogP) is 5.75. The van der Waals surface area contributed by atoms with Crippen molar-refractivity contribution in [1.82, 2.24) is 19.6 Å². The highest BCUT2D eigenvalue weighted by Gasteiger charge is 2.32. The second-order valence-electron chi connectivity index (χ2n) is 12.4. The van der Waals surface area contributed by atoms with Crippen LogP contribution in [-0.2, 0) is 13.0 Å². The van der Waals surface area contributed by atoms with Crippen LogP contribution in [0.3, 0.4) is 0 Å². The number of nitrogens with zero attached hydrogens (tertiary/aromatic N) is 4. The summed E-state index contributed by atoms with van der Waals surface area (Å²) in [6.07, 6.45) is 4.19. The fourth-order valence-electron chi connectivity index (χ4n) is 6.13. The van der Waals surface area contributed by atoms with Crippen LogP contribution in [0.15, 0.2) is 66.7 Å². The van der Waals surface area contributed by atoms with Crippen LogP contribution in [-0.4, -0.2) is 80.4 Å². The first-order chi connectivity index (χ1) is 23.7. The molecule has 3 amide bonds. The van der Waals surface area contributed by atoms with Gasteiger partial charge < -0.3 is 30.1 Å². The Morgan fingerprint density at radius 1 is 0.959 bits per heavy atom. The zero-order chi connectivity index (χ0) is 35.1. The monoisotopic (exact) mass is 667 g/mol. The Morgan fingerprint density at radius 2 is 1.67 bits per heavy atom. The van der Waals surface area contributed by atoms with Crippen LogP contribution in [0.5, 0.6) is 11.5 Å². The van der Waals surface area contributed by atoms with Crippen molar-refractivity contribution in [1.29, 1.82) is 0 Å². The molecule has 3 N–H and O–H groups in total. The van der Waals surface area contributed by atoms with Gasteiger partial charge in [0.05, 0.1) is 36.6 Å². The standard InChI is InChI=1S/C38H45N5O6/c1-5-7-17-41(18-8-6-2)38(48)33-19-25(3)43(40-33)34-15-13-28(39-36(46)32-22-30(49-4)14-16-35(32)45)21-31(34)37(47)42-23-27-12-10-9-11-26(27)20-29(42)24-44/h9-16,19,21-22,29,44-45H,5-8,17-18,20,23-24H2,1-4H3,(H,39,46). The van der Waals surface area contributed by atoms with Crippen LogP contribution in [0.4, 0.5) is 5.69 Å². The summed E-state index contributed by atoms with van der Waals surface area (Å²) in [7, 11) is 1.47. The Morgan fingerprint density at radius 3 is 2.35 bits per heavy atom. The number of methoxy groups -OCH3 is 1. The van der Waals surface area contributed by atoms with Crippen LogP contribution >= 0.6 is 0 Å². The molecule has 0 radical (unpaired) electrons. The fraction of sp³-hybridized carbons (Fsp3) is 0.368. The first-order valence-corrected chi connectivity index (χ1v) is 16.9. The van der Waals surface area contributed by atoms with E-state index in [1.807, 2.05) is 36.1 Å². The number of aliphatic hydroxyl groups excluding tert-OH is 1. The van der Waals surface area contributed by atoms with E-state index in [9.17, 15) is 24.6 Å². The maximum atomic E-state index is 14.5. The zero-order valence-corrected chi connectivity index (χ0v) is 28.6. The van der Waals surface area contributed by atoms with E-state index in [1.165, 1.54) is 19.2 Å². The topological polar surface area (TPSA) is 137 Å². The summed E-state index contributed by atoms with van der Waals surface area (Å²) >= 11 is 0. The lowest BCUT2D eigenvalue weighted by Crippen LogP contribution is -2.46. The van der Waals surface area contributed by atoms with Crippen LogP contribution in [0.2, 0.25) is 0 Å². The van der Waals surface area contributed by atoms with Crippen molar-refractivity contribution in [3.8, 4) is 17.2 Å². The van der Waals surface area contributed by atoms with Crippen LogP contribution < -0.4 is 10.1 Å².